The molecule has 3 aliphatic rings. The highest BCUT2D eigenvalue weighted by atomic mass is 16.5. The van der Waals surface area contributed by atoms with Gasteiger partial charge < -0.3 is 20.7 Å². The molecule has 0 unspecified atom stereocenters. The first-order chi connectivity index (χ1) is 14.6. The van der Waals surface area contributed by atoms with E-state index in [-0.39, 0.29) is 24.5 Å². The largest absolute Gasteiger partial charge is 0.370 e. The van der Waals surface area contributed by atoms with Gasteiger partial charge in [0, 0.05) is 37.6 Å². The zero-order valence-electron chi connectivity index (χ0n) is 17.7. The first kappa shape index (κ1) is 21.3. The number of carbonyl (C=O) groups excluding carboxylic acids is 2. The topological polar surface area (TPSA) is 87.9 Å². The fraction of sp³-hybridized carbons (Fsp3) is 0.652. The minimum absolute atomic E-state index is 0.0358. The number of nitrogens with one attached hydrogen (secondary N) is 1. The fourth-order valence-electron chi connectivity index (χ4n) is 4.51. The monoisotopic (exact) mass is 414 g/mol. The summed E-state index contributed by atoms with van der Waals surface area (Å²) in [7, 11) is 0. The maximum absolute atomic E-state index is 13.1. The van der Waals surface area contributed by atoms with Gasteiger partial charge >= 0.3 is 0 Å². The molecule has 2 aliphatic carbocycles. The van der Waals surface area contributed by atoms with E-state index < -0.39 is 0 Å². The average molecular weight is 415 g/mol. The fourth-order valence-corrected chi connectivity index (χ4v) is 4.51. The number of anilines is 2. The minimum atomic E-state index is -0.299. The Morgan fingerprint density at radius 2 is 1.77 bits per heavy atom. The van der Waals surface area contributed by atoms with Crippen LogP contribution >= 0.6 is 0 Å². The Labute approximate surface area is 178 Å². The van der Waals surface area contributed by atoms with Crippen LogP contribution in [-0.4, -0.2) is 62.1 Å². The molecule has 3 fully saturated rings. The molecule has 1 saturated heterocycles. The summed E-state index contributed by atoms with van der Waals surface area (Å²) in [6, 6.07) is 7.15. The first-order valence-corrected chi connectivity index (χ1v) is 11.4. The summed E-state index contributed by atoms with van der Waals surface area (Å²) in [4.78, 5) is 29.1. The van der Waals surface area contributed by atoms with E-state index in [1.54, 1.807) is 4.90 Å². The van der Waals surface area contributed by atoms with Crippen molar-refractivity contribution in [1.82, 2.24) is 4.90 Å². The number of nitrogens with zero attached hydrogens (tertiary/aromatic N) is 2. The molecule has 1 heterocycles. The van der Waals surface area contributed by atoms with Crippen molar-refractivity contribution in [3.63, 3.8) is 0 Å². The average Bonchev–Trinajstić information content (AvgIpc) is 2.68. The molecule has 7 heteroatoms. The molecule has 1 atom stereocenters. The van der Waals surface area contributed by atoms with Crippen LogP contribution in [0.2, 0.25) is 0 Å². The van der Waals surface area contributed by atoms with E-state index in [2.05, 4.69) is 10.2 Å². The van der Waals surface area contributed by atoms with E-state index in [0.29, 0.717) is 31.5 Å². The predicted octanol–water partition coefficient (Wildman–Crippen LogP) is 2.22. The molecule has 1 aliphatic heterocycles. The van der Waals surface area contributed by atoms with Gasteiger partial charge in [-0.1, -0.05) is 12.8 Å². The number of hydrogen-bond donors (Lipinski definition) is 2. The van der Waals surface area contributed by atoms with Crippen molar-refractivity contribution in [3.05, 3.63) is 24.3 Å². The van der Waals surface area contributed by atoms with Gasteiger partial charge in [0.1, 0.15) is 12.6 Å². The van der Waals surface area contributed by atoms with Gasteiger partial charge in [-0.2, -0.15) is 0 Å². The van der Waals surface area contributed by atoms with Gasteiger partial charge in [-0.15, -0.1) is 0 Å². The summed E-state index contributed by atoms with van der Waals surface area (Å²) in [5, 5.41) is 3.04. The molecule has 164 valence electrons. The minimum Gasteiger partial charge on any atom is -0.370 e. The van der Waals surface area contributed by atoms with E-state index in [1.807, 2.05) is 24.3 Å². The van der Waals surface area contributed by atoms with Crippen molar-refractivity contribution >= 4 is 23.2 Å². The molecule has 3 N–H and O–H groups in total. The van der Waals surface area contributed by atoms with E-state index in [4.69, 9.17) is 10.5 Å². The Kier molecular flexibility index (Phi) is 7.02. The molecule has 2 amide bonds. The Morgan fingerprint density at radius 3 is 2.27 bits per heavy atom. The standard InChI is InChI=1S/C23H34N4O3/c24-13-21(26(14-17-3-1-4-17)15-18-5-2-6-18)23(29)25-19-7-9-20(10-8-19)27-11-12-30-16-22(27)28/h7-10,17-18,21H,1-6,11-16,24H2,(H,25,29)/t21-/m0/s1. The number of amides is 2. The van der Waals surface area contributed by atoms with Crippen LogP contribution < -0.4 is 16.0 Å². The second-order valence-electron chi connectivity index (χ2n) is 8.93. The van der Waals surface area contributed by atoms with Crippen molar-refractivity contribution in [3.8, 4) is 0 Å². The molecule has 4 rings (SSSR count). The first-order valence-electron chi connectivity index (χ1n) is 11.4. The van der Waals surface area contributed by atoms with Crippen LogP contribution in [0.25, 0.3) is 0 Å². The van der Waals surface area contributed by atoms with Crippen molar-refractivity contribution in [2.24, 2.45) is 17.6 Å². The molecule has 0 radical (unpaired) electrons. The molecule has 0 bridgehead atoms. The van der Waals surface area contributed by atoms with E-state index in [9.17, 15) is 9.59 Å². The maximum Gasteiger partial charge on any atom is 0.253 e. The maximum atomic E-state index is 13.1. The lowest BCUT2D eigenvalue weighted by atomic mass is 9.82. The summed E-state index contributed by atoms with van der Waals surface area (Å²) in [6.07, 6.45) is 7.67. The Bertz CT molecular complexity index is 714. The lowest BCUT2D eigenvalue weighted by Gasteiger charge is -2.40. The second-order valence-corrected chi connectivity index (χ2v) is 8.93. The number of carbonyl (C=O) groups is 2. The van der Waals surface area contributed by atoms with Crippen molar-refractivity contribution in [2.45, 2.75) is 44.6 Å². The summed E-state index contributed by atoms with van der Waals surface area (Å²) >= 11 is 0. The number of ether oxygens (including phenoxy) is 1. The van der Waals surface area contributed by atoms with Crippen LogP contribution in [-0.2, 0) is 14.3 Å². The van der Waals surface area contributed by atoms with Gasteiger partial charge in [-0.25, -0.2) is 0 Å². The third-order valence-electron chi connectivity index (χ3n) is 6.83. The lowest BCUT2D eigenvalue weighted by molar-refractivity contribution is -0.125. The molecule has 2 saturated carbocycles. The summed E-state index contributed by atoms with van der Waals surface area (Å²) in [5.41, 5.74) is 7.64. The van der Waals surface area contributed by atoms with Crippen molar-refractivity contribution < 1.29 is 14.3 Å². The normalized spacial score (nSPS) is 21.3. The highest BCUT2D eigenvalue weighted by Gasteiger charge is 2.32. The number of rotatable bonds is 9. The lowest BCUT2D eigenvalue weighted by Crippen LogP contribution is -2.52. The Balaban J connectivity index is 1.38. The molecule has 0 aromatic heterocycles. The Morgan fingerprint density at radius 1 is 1.13 bits per heavy atom. The van der Waals surface area contributed by atoms with Gasteiger partial charge in [-0.05, 0) is 61.8 Å². The second kappa shape index (κ2) is 9.90. The quantitative estimate of drug-likeness (QED) is 0.647. The van der Waals surface area contributed by atoms with E-state index >= 15 is 0 Å². The van der Waals surface area contributed by atoms with Gasteiger partial charge in [0.2, 0.25) is 5.91 Å². The third-order valence-corrected chi connectivity index (χ3v) is 6.83. The molecule has 0 spiro atoms. The van der Waals surface area contributed by atoms with Crippen LogP contribution in [0.1, 0.15) is 38.5 Å². The van der Waals surface area contributed by atoms with Gasteiger partial charge in [-0.3, -0.25) is 14.5 Å². The zero-order chi connectivity index (χ0) is 20.9. The highest BCUT2D eigenvalue weighted by Crippen LogP contribution is 2.31. The zero-order valence-corrected chi connectivity index (χ0v) is 17.7. The van der Waals surface area contributed by atoms with Crippen molar-refractivity contribution in [2.75, 3.05) is 49.6 Å². The number of hydrogen-bond acceptors (Lipinski definition) is 5. The molecule has 1 aromatic carbocycles. The number of benzene rings is 1. The summed E-state index contributed by atoms with van der Waals surface area (Å²) in [6.45, 7) is 3.49. The molecule has 7 nitrogen and oxygen atoms in total. The van der Waals surface area contributed by atoms with Crippen LogP contribution in [0.4, 0.5) is 11.4 Å². The third kappa shape index (κ3) is 5.02. The van der Waals surface area contributed by atoms with Crippen LogP contribution in [0, 0.1) is 11.8 Å². The van der Waals surface area contributed by atoms with Gasteiger partial charge in [0.15, 0.2) is 0 Å². The highest BCUT2D eigenvalue weighted by molar-refractivity contribution is 5.97. The van der Waals surface area contributed by atoms with Gasteiger partial charge in [0.05, 0.1) is 6.61 Å². The number of nitrogens with two attached hydrogens (primary N) is 1. The summed E-state index contributed by atoms with van der Waals surface area (Å²) in [5.74, 6) is 1.34. The van der Waals surface area contributed by atoms with Crippen LogP contribution in [0.5, 0.6) is 0 Å². The van der Waals surface area contributed by atoms with E-state index in [0.717, 1.165) is 24.5 Å². The predicted molar refractivity (Wildman–Crippen MR) is 117 cm³/mol. The molecule has 30 heavy (non-hydrogen) atoms. The molecular weight excluding hydrogens is 380 g/mol. The van der Waals surface area contributed by atoms with Gasteiger partial charge in [0.25, 0.3) is 5.91 Å². The van der Waals surface area contributed by atoms with Crippen molar-refractivity contribution in [1.29, 1.82) is 0 Å². The number of morpholine rings is 1. The SMILES string of the molecule is NC[C@@H](C(=O)Nc1ccc(N2CCOCC2=O)cc1)N(CC1CCC1)CC1CCC1. The molecule has 1 aromatic rings. The smallest absolute Gasteiger partial charge is 0.253 e. The van der Waals surface area contributed by atoms with Crippen LogP contribution in [0.15, 0.2) is 24.3 Å². The summed E-state index contributed by atoms with van der Waals surface area (Å²) < 4.78 is 5.19. The molecular formula is C23H34N4O3. The van der Waals surface area contributed by atoms with Crippen LogP contribution in [0.3, 0.4) is 0 Å². The Hall–Kier alpha value is -1.96. The van der Waals surface area contributed by atoms with E-state index in [1.165, 1.54) is 38.5 Å².